The van der Waals surface area contributed by atoms with E-state index in [9.17, 15) is 0 Å². The summed E-state index contributed by atoms with van der Waals surface area (Å²) in [5, 5.41) is 3.48. The maximum absolute atomic E-state index is 5.93. The van der Waals surface area contributed by atoms with Crippen molar-refractivity contribution in [3.05, 3.63) is 35.9 Å². The first-order chi connectivity index (χ1) is 13.4. The first-order valence-electron chi connectivity index (χ1n) is 10.2. The van der Waals surface area contributed by atoms with Crippen LogP contribution in [-0.4, -0.2) is 69.6 Å². The van der Waals surface area contributed by atoms with E-state index in [1.165, 1.54) is 5.56 Å². The van der Waals surface area contributed by atoms with E-state index in [0.717, 1.165) is 71.1 Å². The Morgan fingerprint density at radius 3 is 2.75 bits per heavy atom. The molecule has 3 rings (SSSR count). The highest BCUT2D eigenvalue weighted by molar-refractivity contribution is 14.0. The fourth-order valence-electron chi connectivity index (χ4n) is 3.61. The van der Waals surface area contributed by atoms with Crippen molar-refractivity contribution in [1.29, 1.82) is 0 Å². The Labute approximate surface area is 186 Å². The van der Waals surface area contributed by atoms with Gasteiger partial charge in [0.05, 0.1) is 19.3 Å². The van der Waals surface area contributed by atoms with Crippen molar-refractivity contribution in [3.8, 4) is 0 Å². The van der Waals surface area contributed by atoms with Gasteiger partial charge in [0.15, 0.2) is 5.96 Å². The molecule has 0 amide bonds. The van der Waals surface area contributed by atoms with Crippen LogP contribution in [0.15, 0.2) is 35.3 Å². The molecule has 2 saturated heterocycles. The van der Waals surface area contributed by atoms with Gasteiger partial charge in [-0.05, 0) is 31.2 Å². The average molecular weight is 503 g/mol. The SMILES string of the molecule is CN=C(NCCCCOCc1ccccc1)N1CCOC(C2CCCO2)C1.I. The van der Waals surface area contributed by atoms with Crippen LogP contribution in [0.1, 0.15) is 31.2 Å². The second-order valence-corrected chi connectivity index (χ2v) is 7.13. The van der Waals surface area contributed by atoms with Gasteiger partial charge in [0, 0.05) is 39.9 Å². The van der Waals surface area contributed by atoms with Crippen LogP contribution < -0.4 is 5.32 Å². The second-order valence-electron chi connectivity index (χ2n) is 7.13. The molecule has 1 aromatic rings. The fourth-order valence-corrected chi connectivity index (χ4v) is 3.61. The highest BCUT2D eigenvalue weighted by Crippen LogP contribution is 2.21. The molecule has 1 aromatic carbocycles. The zero-order valence-electron chi connectivity index (χ0n) is 16.8. The van der Waals surface area contributed by atoms with E-state index in [1.54, 1.807) is 0 Å². The lowest BCUT2D eigenvalue weighted by Crippen LogP contribution is -2.53. The first kappa shape index (κ1) is 23.4. The summed E-state index contributed by atoms with van der Waals surface area (Å²) in [6.45, 7) is 5.71. The summed E-state index contributed by atoms with van der Waals surface area (Å²) in [6, 6.07) is 10.3. The minimum Gasteiger partial charge on any atom is -0.377 e. The number of nitrogens with one attached hydrogen (secondary N) is 1. The number of halogens is 1. The first-order valence-corrected chi connectivity index (χ1v) is 10.2. The monoisotopic (exact) mass is 503 g/mol. The van der Waals surface area contributed by atoms with Gasteiger partial charge in [0.25, 0.3) is 0 Å². The van der Waals surface area contributed by atoms with Crippen LogP contribution in [0, 0.1) is 0 Å². The number of benzene rings is 1. The van der Waals surface area contributed by atoms with Crippen molar-refractivity contribution >= 4 is 29.9 Å². The van der Waals surface area contributed by atoms with Crippen molar-refractivity contribution < 1.29 is 14.2 Å². The molecule has 0 aliphatic carbocycles. The van der Waals surface area contributed by atoms with Crippen molar-refractivity contribution in [2.45, 2.75) is 44.5 Å². The summed E-state index contributed by atoms with van der Waals surface area (Å²) in [5.41, 5.74) is 1.23. The van der Waals surface area contributed by atoms with Gasteiger partial charge in [-0.1, -0.05) is 30.3 Å². The number of ether oxygens (including phenoxy) is 3. The summed E-state index contributed by atoms with van der Waals surface area (Å²) in [5.74, 6) is 0.964. The number of aliphatic imine (C=N–C) groups is 1. The molecule has 2 atom stereocenters. The summed E-state index contributed by atoms with van der Waals surface area (Å²) < 4.78 is 17.5. The third kappa shape index (κ3) is 7.50. The van der Waals surface area contributed by atoms with Crippen LogP contribution in [0.3, 0.4) is 0 Å². The highest BCUT2D eigenvalue weighted by atomic mass is 127. The molecular weight excluding hydrogens is 469 g/mol. The Hall–Kier alpha value is -0.900. The zero-order chi connectivity index (χ0) is 18.7. The van der Waals surface area contributed by atoms with E-state index in [4.69, 9.17) is 14.2 Å². The molecule has 2 unspecified atom stereocenters. The number of hydrogen-bond acceptors (Lipinski definition) is 4. The molecule has 7 heteroatoms. The quantitative estimate of drug-likeness (QED) is 0.256. The predicted octanol–water partition coefficient (Wildman–Crippen LogP) is 3.06. The molecule has 2 fully saturated rings. The maximum atomic E-state index is 5.93. The van der Waals surface area contributed by atoms with Crippen LogP contribution in [0.25, 0.3) is 0 Å². The molecule has 2 aliphatic rings. The lowest BCUT2D eigenvalue weighted by molar-refractivity contribution is -0.0816. The van der Waals surface area contributed by atoms with Crippen LogP contribution in [0.2, 0.25) is 0 Å². The Kier molecular flexibility index (Phi) is 11.1. The second kappa shape index (κ2) is 13.3. The third-order valence-electron chi connectivity index (χ3n) is 5.09. The molecule has 2 aliphatic heterocycles. The summed E-state index contributed by atoms with van der Waals surface area (Å²) in [4.78, 5) is 6.74. The Balaban J connectivity index is 0.00000280. The van der Waals surface area contributed by atoms with Gasteiger partial charge in [-0.25, -0.2) is 0 Å². The average Bonchev–Trinajstić information content (AvgIpc) is 3.26. The van der Waals surface area contributed by atoms with Crippen molar-refractivity contribution in [2.75, 3.05) is 46.5 Å². The van der Waals surface area contributed by atoms with E-state index in [-0.39, 0.29) is 36.2 Å². The van der Waals surface area contributed by atoms with Gasteiger partial charge in [0.2, 0.25) is 0 Å². The Bertz CT molecular complexity index is 567. The number of rotatable bonds is 8. The minimum atomic E-state index is 0. The number of hydrogen-bond donors (Lipinski definition) is 1. The van der Waals surface area contributed by atoms with Crippen molar-refractivity contribution in [1.82, 2.24) is 10.2 Å². The van der Waals surface area contributed by atoms with Gasteiger partial charge in [-0.3, -0.25) is 4.99 Å². The van der Waals surface area contributed by atoms with E-state index in [1.807, 2.05) is 25.2 Å². The molecule has 0 saturated carbocycles. The molecule has 158 valence electrons. The maximum Gasteiger partial charge on any atom is 0.193 e. The third-order valence-corrected chi connectivity index (χ3v) is 5.09. The summed E-state index contributed by atoms with van der Waals surface area (Å²) >= 11 is 0. The Morgan fingerprint density at radius 2 is 2.00 bits per heavy atom. The topological polar surface area (TPSA) is 55.3 Å². The van der Waals surface area contributed by atoms with Crippen LogP contribution in [-0.2, 0) is 20.8 Å². The van der Waals surface area contributed by atoms with Gasteiger partial charge in [-0.15, -0.1) is 24.0 Å². The minimum absolute atomic E-state index is 0. The normalized spacial score (nSPS) is 22.8. The molecule has 1 N–H and O–H groups in total. The van der Waals surface area contributed by atoms with Gasteiger partial charge in [-0.2, -0.15) is 0 Å². The summed E-state index contributed by atoms with van der Waals surface area (Å²) in [6.07, 6.45) is 4.75. The molecule has 0 bridgehead atoms. The van der Waals surface area contributed by atoms with E-state index in [0.29, 0.717) is 6.61 Å². The van der Waals surface area contributed by atoms with Gasteiger partial charge in [0.1, 0.15) is 6.10 Å². The van der Waals surface area contributed by atoms with E-state index < -0.39 is 0 Å². The number of unbranched alkanes of at least 4 members (excludes halogenated alkanes) is 1. The highest BCUT2D eigenvalue weighted by Gasteiger charge is 2.32. The van der Waals surface area contributed by atoms with E-state index in [2.05, 4.69) is 27.3 Å². The molecule has 0 radical (unpaired) electrons. The number of morpholine rings is 1. The fraction of sp³-hybridized carbons (Fsp3) is 0.667. The molecule has 2 heterocycles. The molecular formula is C21H34IN3O3. The molecule has 0 aromatic heterocycles. The van der Waals surface area contributed by atoms with Crippen LogP contribution in [0.4, 0.5) is 0 Å². The predicted molar refractivity (Wildman–Crippen MR) is 122 cm³/mol. The number of nitrogens with zero attached hydrogens (tertiary/aromatic N) is 2. The molecule has 28 heavy (non-hydrogen) atoms. The largest absolute Gasteiger partial charge is 0.377 e. The Morgan fingerprint density at radius 1 is 1.18 bits per heavy atom. The lowest BCUT2D eigenvalue weighted by atomic mass is 10.1. The van der Waals surface area contributed by atoms with Gasteiger partial charge >= 0.3 is 0 Å². The molecule has 6 nitrogen and oxygen atoms in total. The van der Waals surface area contributed by atoms with Crippen molar-refractivity contribution in [3.63, 3.8) is 0 Å². The lowest BCUT2D eigenvalue weighted by Gasteiger charge is -2.37. The zero-order valence-corrected chi connectivity index (χ0v) is 19.2. The van der Waals surface area contributed by atoms with Crippen molar-refractivity contribution in [2.24, 2.45) is 4.99 Å². The standard InChI is InChI=1S/C21H33N3O3.HI/c1-22-21(24-12-15-27-20(16-24)19-10-7-14-26-19)23-11-5-6-13-25-17-18-8-3-2-4-9-18;/h2-4,8-9,19-20H,5-7,10-17H2,1H3,(H,22,23);1H. The summed E-state index contributed by atoms with van der Waals surface area (Å²) in [7, 11) is 1.85. The van der Waals surface area contributed by atoms with E-state index >= 15 is 0 Å². The van der Waals surface area contributed by atoms with Crippen LogP contribution in [0.5, 0.6) is 0 Å². The van der Waals surface area contributed by atoms with Gasteiger partial charge < -0.3 is 24.4 Å². The smallest absolute Gasteiger partial charge is 0.193 e. The molecule has 0 spiro atoms. The number of guanidine groups is 1. The van der Waals surface area contributed by atoms with Crippen LogP contribution >= 0.6 is 24.0 Å².